The molecule has 2 aromatic rings. The van der Waals surface area contributed by atoms with E-state index in [1.807, 2.05) is 12.1 Å². The summed E-state index contributed by atoms with van der Waals surface area (Å²) in [4.78, 5) is 12.4. The molecule has 1 heterocycles. The van der Waals surface area contributed by atoms with E-state index in [1.165, 1.54) is 0 Å². The second-order valence-electron chi connectivity index (χ2n) is 4.43. The predicted molar refractivity (Wildman–Crippen MR) is 74.8 cm³/mol. The van der Waals surface area contributed by atoms with Crippen molar-refractivity contribution in [3.63, 3.8) is 0 Å². The largest absolute Gasteiger partial charge is 0.372 e. The molecule has 3 rings (SSSR count). The van der Waals surface area contributed by atoms with Gasteiger partial charge in [0.1, 0.15) is 0 Å². The van der Waals surface area contributed by atoms with Crippen LogP contribution in [0.25, 0.3) is 0 Å². The van der Waals surface area contributed by atoms with Crippen LogP contribution >= 0.6 is 23.2 Å². The number of ketones is 1. The average molecular weight is 293 g/mol. The van der Waals surface area contributed by atoms with E-state index in [4.69, 9.17) is 27.9 Å². The molecule has 1 aliphatic rings. The van der Waals surface area contributed by atoms with Crippen LogP contribution in [0.5, 0.6) is 0 Å². The fraction of sp³-hybridized carbons (Fsp3) is 0.133. The summed E-state index contributed by atoms with van der Waals surface area (Å²) in [6, 6.07) is 10.5. The molecular weight excluding hydrogens is 283 g/mol. The number of ether oxygens (including phenoxy) is 1. The van der Waals surface area contributed by atoms with Crippen molar-refractivity contribution in [2.45, 2.75) is 13.2 Å². The minimum Gasteiger partial charge on any atom is -0.372 e. The number of rotatable bonds is 2. The lowest BCUT2D eigenvalue weighted by Gasteiger charge is -2.06. The summed E-state index contributed by atoms with van der Waals surface area (Å²) in [5, 5.41) is 0.906. The lowest BCUT2D eigenvalue weighted by molar-refractivity contribution is 0.103. The maximum atomic E-state index is 12.4. The Hall–Kier alpha value is -1.35. The first-order valence-electron chi connectivity index (χ1n) is 5.84. The van der Waals surface area contributed by atoms with Crippen molar-refractivity contribution >= 4 is 29.0 Å². The lowest BCUT2D eigenvalue weighted by Crippen LogP contribution is -2.03. The van der Waals surface area contributed by atoms with Crippen molar-refractivity contribution in [3.8, 4) is 0 Å². The summed E-state index contributed by atoms with van der Waals surface area (Å²) in [5.41, 5.74) is 3.22. The van der Waals surface area contributed by atoms with Gasteiger partial charge in [0.2, 0.25) is 0 Å². The molecular formula is C15H10Cl2O2. The van der Waals surface area contributed by atoms with E-state index in [9.17, 15) is 4.79 Å². The van der Waals surface area contributed by atoms with Crippen LogP contribution in [0.2, 0.25) is 10.0 Å². The second-order valence-corrected chi connectivity index (χ2v) is 5.27. The van der Waals surface area contributed by atoms with E-state index in [0.717, 1.165) is 11.1 Å². The molecule has 0 aromatic heterocycles. The Morgan fingerprint density at radius 2 is 1.79 bits per heavy atom. The van der Waals surface area contributed by atoms with Crippen molar-refractivity contribution in [2.24, 2.45) is 0 Å². The van der Waals surface area contributed by atoms with Crippen LogP contribution in [0.1, 0.15) is 27.0 Å². The van der Waals surface area contributed by atoms with Crippen LogP contribution in [0.4, 0.5) is 0 Å². The van der Waals surface area contributed by atoms with Gasteiger partial charge in [0.25, 0.3) is 0 Å². The van der Waals surface area contributed by atoms with Gasteiger partial charge in [0.15, 0.2) is 5.78 Å². The number of hydrogen-bond donors (Lipinski definition) is 0. The van der Waals surface area contributed by atoms with E-state index >= 15 is 0 Å². The number of fused-ring (bicyclic) bond motifs is 1. The quantitative estimate of drug-likeness (QED) is 0.773. The molecule has 2 aromatic carbocycles. The Bertz CT molecular complexity index is 665. The Morgan fingerprint density at radius 3 is 2.63 bits per heavy atom. The fourth-order valence-corrected chi connectivity index (χ4v) is 2.52. The minimum atomic E-state index is -0.123. The molecule has 1 aliphatic heterocycles. The molecule has 0 radical (unpaired) electrons. The van der Waals surface area contributed by atoms with Crippen LogP contribution < -0.4 is 0 Å². The highest BCUT2D eigenvalue weighted by atomic mass is 35.5. The van der Waals surface area contributed by atoms with E-state index in [1.54, 1.807) is 24.3 Å². The van der Waals surface area contributed by atoms with Gasteiger partial charge in [-0.2, -0.15) is 0 Å². The summed E-state index contributed by atoms with van der Waals surface area (Å²) in [6.45, 7) is 1.17. The third kappa shape index (κ3) is 2.39. The maximum absolute atomic E-state index is 12.4. The third-order valence-electron chi connectivity index (χ3n) is 3.16. The Kier molecular flexibility index (Phi) is 3.31. The summed E-state index contributed by atoms with van der Waals surface area (Å²) in [6.07, 6.45) is 0. The van der Waals surface area contributed by atoms with Crippen LogP contribution in [-0.4, -0.2) is 5.78 Å². The summed E-state index contributed by atoms with van der Waals surface area (Å²) in [5.74, 6) is -0.123. The number of hydrogen-bond acceptors (Lipinski definition) is 2. The van der Waals surface area contributed by atoms with Crippen molar-refractivity contribution in [2.75, 3.05) is 0 Å². The zero-order valence-corrected chi connectivity index (χ0v) is 11.5. The molecule has 0 aliphatic carbocycles. The van der Waals surface area contributed by atoms with Gasteiger partial charge in [-0.1, -0.05) is 35.3 Å². The fourth-order valence-electron chi connectivity index (χ4n) is 2.14. The van der Waals surface area contributed by atoms with Gasteiger partial charge in [-0.25, -0.2) is 0 Å². The normalized spacial score (nSPS) is 13.4. The van der Waals surface area contributed by atoms with Crippen LogP contribution in [0, 0.1) is 0 Å². The number of carbonyl (C=O) groups excluding carboxylic acids is 1. The molecule has 0 N–H and O–H groups in total. The van der Waals surface area contributed by atoms with E-state index in [0.29, 0.717) is 34.4 Å². The van der Waals surface area contributed by atoms with E-state index in [-0.39, 0.29) is 5.78 Å². The van der Waals surface area contributed by atoms with Gasteiger partial charge in [0.05, 0.1) is 18.2 Å². The number of benzene rings is 2. The minimum absolute atomic E-state index is 0.123. The summed E-state index contributed by atoms with van der Waals surface area (Å²) in [7, 11) is 0. The van der Waals surface area contributed by atoms with Crippen LogP contribution in [0.3, 0.4) is 0 Å². The Balaban J connectivity index is 2.02. The molecule has 0 atom stereocenters. The monoisotopic (exact) mass is 292 g/mol. The predicted octanol–water partition coefficient (Wildman–Crippen LogP) is 4.25. The van der Waals surface area contributed by atoms with Gasteiger partial charge in [0, 0.05) is 16.1 Å². The molecule has 0 spiro atoms. The molecule has 0 saturated heterocycles. The van der Waals surface area contributed by atoms with E-state index < -0.39 is 0 Å². The lowest BCUT2D eigenvalue weighted by atomic mass is 9.99. The van der Waals surface area contributed by atoms with Crippen molar-refractivity contribution in [1.29, 1.82) is 0 Å². The van der Waals surface area contributed by atoms with Crippen LogP contribution in [0.15, 0.2) is 36.4 Å². The molecule has 0 amide bonds. The first kappa shape index (κ1) is 12.7. The van der Waals surface area contributed by atoms with Gasteiger partial charge in [-0.15, -0.1) is 0 Å². The topological polar surface area (TPSA) is 26.3 Å². The first-order chi connectivity index (χ1) is 9.15. The SMILES string of the molecule is O=C(c1ccc2c(c1)COC2)c1cc(Cl)ccc1Cl. The smallest absolute Gasteiger partial charge is 0.194 e. The first-order valence-corrected chi connectivity index (χ1v) is 6.60. The highest BCUT2D eigenvalue weighted by Crippen LogP contribution is 2.26. The average Bonchev–Trinajstić information content (AvgIpc) is 2.88. The molecule has 0 bridgehead atoms. The van der Waals surface area contributed by atoms with Crippen molar-refractivity contribution < 1.29 is 9.53 Å². The Morgan fingerprint density at radius 1 is 1.00 bits per heavy atom. The van der Waals surface area contributed by atoms with Gasteiger partial charge in [-0.3, -0.25) is 4.79 Å². The molecule has 96 valence electrons. The zero-order chi connectivity index (χ0) is 13.4. The highest BCUT2D eigenvalue weighted by Gasteiger charge is 2.17. The second kappa shape index (κ2) is 4.97. The maximum Gasteiger partial charge on any atom is 0.194 e. The molecule has 2 nitrogen and oxygen atoms in total. The molecule has 0 saturated carbocycles. The Labute approximate surface area is 120 Å². The van der Waals surface area contributed by atoms with Crippen molar-refractivity contribution in [3.05, 3.63) is 68.7 Å². The van der Waals surface area contributed by atoms with Crippen molar-refractivity contribution in [1.82, 2.24) is 0 Å². The highest BCUT2D eigenvalue weighted by molar-refractivity contribution is 6.36. The third-order valence-corrected chi connectivity index (χ3v) is 3.72. The standard InChI is InChI=1S/C15H10Cl2O2/c16-12-3-4-14(17)13(6-12)15(18)9-1-2-10-7-19-8-11(10)5-9/h1-6H,7-8H2. The molecule has 19 heavy (non-hydrogen) atoms. The summed E-state index contributed by atoms with van der Waals surface area (Å²) >= 11 is 12.0. The van der Waals surface area contributed by atoms with E-state index in [2.05, 4.69) is 0 Å². The molecule has 0 unspecified atom stereocenters. The number of carbonyl (C=O) groups is 1. The number of halogens is 2. The van der Waals surface area contributed by atoms with Gasteiger partial charge in [-0.05, 0) is 35.4 Å². The molecule has 4 heteroatoms. The van der Waals surface area contributed by atoms with Crippen LogP contribution in [-0.2, 0) is 18.0 Å². The summed E-state index contributed by atoms with van der Waals surface area (Å²) < 4.78 is 5.34. The van der Waals surface area contributed by atoms with Gasteiger partial charge >= 0.3 is 0 Å². The molecule has 0 fully saturated rings. The zero-order valence-electron chi connectivity index (χ0n) is 9.95. The van der Waals surface area contributed by atoms with Gasteiger partial charge < -0.3 is 4.74 Å².